The lowest BCUT2D eigenvalue weighted by molar-refractivity contribution is -0.189. The standard InChI is InChI=1S/C19H13F6N3O4S/c1-10-15(29)28(12-2-4-13(5-3-12)33-19(23,24)25)17(31)27(10)9-11-6-7-26-8-14(11)32-16(30)18(20,21)22/h2-8,10H,9H2,1H3. The molecule has 33 heavy (non-hydrogen) atoms. The van der Waals surface area contributed by atoms with E-state index in [4.69, 9.17) is 0 Å². The largest absolute Gasteiger partial charge is 0.491 e. The van der Waals surface area contributed by atoms with E-state index in [1.165, 1.54) is 31.3 Å². The second kappa shape index (κ2) is 8.92. The molecule has 1 aromatic carbocycles. The molecule has 0 radical (unpaired) electrons. The lowest BCUT2D eigenvalue weighted by atomic mass is 10.2. The number of rotatable bonds is 5. The maximum Gasteiger partial charge on any atom is 0.491 e. The van der Waals surface area contributed by atoms with Crippen molar-refractivity contribution < 1.29 is 45.5 Å². The van der Waals surface area contributed by atoms with Crippen molar-refractivity contribution in [2.24, 2.45) is 0 Å². The number of urea groups is 1. The smallest absolute Gasteiger partial charge is 0.418 e. The molecule has 176 valence electrons. The number of hydrogen-bond acceptors (Lipinski definition) is 6. The summed E-state index contributed by atoms with van der Waals surface area (Å²) < 4.78 is 79.4. The Morgan fingerprint density at radius 1 is 1.09 bits per heavy atom. The van der Waals surface area contributed by atoms with Crippen LogP contribution in [0.3, 0.4) is 0 Å². The minimum atomic E-state index is -5.26. The Balaban J connectivity index is 1.81. The molecular weight excluding hydrogens is 480 g/mol. The van der Waals surface area contributed by atoms with Gasteiger partial charge >= 0.3 is 23.7 Å². The SMILES string of the molecule is CC1C(=O)N(c2ccc(SC(F)(F)F)cc2)C(=O)N1Cc1ccncc1OC(=O)C(F)(F)F. The highest BCUT2D eigenvalue weighted by Gasteiger charge is 2.44. The van der Waals surface area contributed by atoms with Crippen molar-refractivity contribution in [2.45, 2.75) is 36.1 Å². The van der Waals surface area contributed by atoms with Crippen molar-refractivity contribution in [1.82, 2.24) is 9.88 Å². The number of anilines is 1. The van der Waals surface area contributed by atoms with Crippen LogP contribution < -0.4 is 9.64 Å². The number of carbonyl (C=O) groups excluding carboxylic acids is 3. The van der Waals surface area contributed by atoms with Crippen molar-refractivity contribution in [2.75, 3.05) is 4.90 Å². The molecule has 14 heteroatoms. The number of thioether (sulfide) groups is 1. The third-order valence-electron chi connectivity index (χ3n) is 4.46. The van der Waals surface area contributed by atoms with Crippen LogP contribution in [-0.4, -0.2) is 45.5 Å². The molecule has 7 nitrogen and oxygen atoms in total. The number of amides is 3. The van der Waals surface area contributed by atoms with E-state index in [9.17, 15) is 40.7 Å². The van der Waals surface area contributed by atoms with Crippen LogP contribution in [0.2, 0.25) is 0 Å². The van der Waals surface area contributed by atoms with Gasteiger partial charge in [0.25, 0.3) is 5.91 Å². The summed E-state index contributed by atoms with van der Waals surface area (Å²) in [5, 5.41) is 0. The Morgan fingerprint density at radius 3 is 2.30 bits per heavy atom. The van der Waals surface area contributed by atoms with E-state index in [1.54, 1.807) is 0 Å². The van der Waals surface area contributed by atoms with Gasteiger partial charge in [-0.3, -0.25) is 9.78 Å². The van der Waals surface area contributed by atoms with Gasteiger partial charge in [0.1, 0.15) is 6.04 Å². The molecule has 1 atom stereocenters. The fraction of sp³-hybridized carbons (Fsp3) is 0.263. The molecule has 1 unspecified atom stereocenters. The van der Waals surface area contributed by atoms with E-state index >= 15 is 0 Å². The van der Waals surface area contributed by atoms with Gasteiger partial charge in [0.2, 0.25) is 0 Å². The van der Waals surface area contributed by atoms with Crippen molar-refractivity contribution in [1.29, 1.82) is 0 Å². The lowest BCUT2D eigenvalue weighted by Gasteiger charge is -2.21. The molecule has 0 saturated carbocycles. The van der Waals surface area contributed by atoms with E-state index in [1.807, 2.05) is 0 Å². The fourth-order valence-electron chi connectivity index (χ4n) is 2.92. The van der Waals surface area contributed by atoms with E-state index in [2.05, 4.69) is 9.72 Å². The monoisotopic (exact) mass is 493 g/mol. The lowest BCUT2D eigenvalue weighted by Crippen LogP contribution is -2.34. The van der Waals surface area contributed by atoms with Gasteiger partial charge in [-0.25, -0.2) is 14.5 Å². The third kappa shape index (κ3) is 5.56. The van der Waals surface area contributed by atoms with Crippen LogP contribution in [0.1, 0.15) is 12.5 Å². The third-order valence-corrected chi connectivity index (χ3v) is 5.19. The topological polar surface area (TPSA) is 79.8 Å². The molecule has 0 N–H and O–H groups in total. The van der Waals surface area contributed by atoms with Crippen molar-refractivity contribution in [3.8, 4) is 5.75 Å². The zero-order valence-electron chi connectivity index (χ0n) is 16.5. The summed E-state index contributed by atoms with van der Waals surface area (Å²) in [4.78, 5) is 41.9. The summed E-state index contributed by atoms with van der Waals surface area (Å²) in [5.41, 5.74) is -4.51. The normalized spacial score (nSPS) is 17.0. The number of ether oxygens (including phenoxy) is 1. The van der Waals surface area contributed by atoms with Crippen molar-refractivity contribution in [3.63, 3.8) is 0 Å². The van der Waals surface area contributed by atoms with E-state index < -0.39 is 47.9 Å². The number of alkyl halides is 6. The quantitative estimate of drug-likeness (QED) is 0.264. The predicted molar refractivity (Wildman–Crippen MR) is 102 cm³/mol. The first-order valence-electron chi connectivity index (χ1n) is 9.00. The number of hydrogen-bond donors (Lipinski definition) is 0. The predicted octanol–water partition coefficient (Wildman–Crippen LogP) is 4.52. The van der Waals surface area contributed by atoms with Crippen LogP contribution in [-0.2, 0) is 16.1 Å². The van der Waals surface area contributed by atoms with Gasteiger partial charge in [-0.15, -0.1) is 0 Å². The first-order valence-corrected chi connectivity index (χ1v) is 9.82. The van der Waals surface area contributed by atoms with E-state index in [-0.39, 0.29) is 27.9 Å². The molecule has 1 aliphatic heterocycles. The number of carbonyl (C=O) groups is 3. The first-order chi connectivity index (χ1) is 15.3. The first kappa shape index (κ1) is 24.4. The summed E-state index contributed by atoms with van der Waals surface area (Å²) in [7, 11) is 0. The average molecular weight is 493 g/mol. The van der Waals surface area contributed by atoms with Crippen molar-refractivity contribution in [3.05, 3.63) is 48.3 Å². The van der Waals surface area contributed by atoms with E-state index in [0.717, 1.165) is 28.1 Å². The Labute approximate surface area is 186 Å². The number of benzene rings is 1. The number of halogens is 6. The molecular formula is C19H13F6N3O4S. The van der Waals surface area contributed by atoms with Crippen molar-refractivity contribution >= 4 is 35.4 Å². The highest BCUT2D eigenvalue weighted by molar-refractivity contribution is 8.00. The number of aromatic nitrogens is 1. The maximum absolute atomic E-state index is 12.9. The van der Waals surface area contributed by atoms with Gasteiger partial charge in [0, 0.05) is 16.7 Å². The summed E-state index contributed by atoms with van der Waals surface area (Å²) in [5.74, 6) is -3.72. The molecule has 2 heterocycles. The second-order valence-corrected chi connectivity index (χ2v) is 7.81. The van der Waals surface area contributed by atoms with Crippen LogP contribution in [0.25, 0.3) is 0 Å². The average Bonchev–Trinajstić information content (AvgIpc) is 2.91. The molecule has 1 aliphatic rings. The van der Waals surface area contributed by atoms with Gasteiger partial charge in [-0.2, -0.15) is 26.3 Å². The van der Waals surface area contributed by atoms with Gasteiger partial charge in [-0.05, 0) is 49.0 Å². The second-order valence-electron chi connectivity index (χ2n) is 6.67. The molecule has 1 saturated heterocycles. The maximum atomic E-state index is 12.9. The summed E-state index contributed by atoms with van der Waals surface area (Å²) in [6.07, 6.45) is -3.20. The highest BCUT2D eigenvalue weighted by atomic mass is 32.2. The molecule has 1 aromatic heterocycles. The zero-order chi connectivity index (χ0) is 24.6. The number of nitrogens with zero attached hydrogens (tertiary/aromatic N) is 3. The van der Waals surface area contributed by atoms with Gasteiger partial charge in [0.05, 0.1) is 18.4 Å². The molecule has 3 rings (SSSR count). The summed E-state index contributed by atoms with van der Waals surface area (Å²) >= 11 is -0.362. The summed E-state index contributed by atoms with van der Waals surface area (Å²) in [6.45, 7) is 0.976. The summed E-state index contributed by atoms with van der Waals surface area (Å²) in [6, 6.07) is 3.84. The molecule has 0 bridgehead atoms. The minimum absolute atomic E-state index is 0.0179. The van der Waals surface area contributed by atoms with Crippen LogP contribution in [0.5, 0.6) is 5.75 Å². The molecule has 0 aliphatic carbocycles. The Morgan fingerprint density at radius 2 is 1.73 bits per heavy atom. The van der Waals surface area contributed by atoms with Crippen LogP contribution in [0, 0.1) is 0 Å². The minimum Gasteiger partial charge on any atom is -0.418 e. The molecule has 2 aromatic rings. The van der Waals surface area contributed by atoms with E-state index in [0.29, 0.717) is 0 Å². The zero-order valence-corrected chi connectivity index (χ0v) is 17.3. The number of pyridine rings is 1. The highest BCUT2D eigenvalue weighted by Crippen LogP contribution is 2.38. The van der Waals surface area contributed by atoms with Gasteiger partial charge < -0.3 is 9.64 Å². The Bertz CT molecular complexity index is 1070. The number of imide groups is 1. The van der Waals surface area contributed by atoms with Crippen LogP contribution in [0.15, 0.2) is 47.6 Å². The molecule has 1 fully saturated rings. The van der Waals surface area contributed by atoms with Gasteiger partial charge in [0.15, 0.2) is 5.75 Å². The molecule has 0 spiro atoms. The Kier molecular flexibility index (Phi) is 6.58. The van der Waals surface area contributed by atoms with Crippen LogP contribution in [0.4, 0.5) is 36.8 Å². The Hall–Kier alpha value is -3.29. The number of esters is 1. The molecule has 3 amide bonds. The van der Waals surface area contributed by atoms with Crippen LogP contribution >= 0.6 is 11.8 Å². The van der Waals surface area contributed by atoms with Gasteiger partial charge in [-0.1, -0.05) is 0 Å². The fourth-order valence-corrected chi connectivity index (χ4v) is 3.46.